The Hall–Kier alpha value is -0.830. The summed E-state index contributed by atoms with van der Waals surface area (Å²) in [5.41, 5.74) is 0.984. The zero-order valence-corrected chi connectivity index (χ0v) is 18.4. The fourth-order valence-corrected chi connectivity index (χ4v) is 2.79. The van der Waals surface area contributed by atoms with Crippen molar-refractivity contribution in [1.29, 1.82) is 0 Å². The molecule has 1 aromatic heterocycles. The molecule has 2 N–H and O–H groups in total. The molecule has 6 nitrogen and oxygen atoms in total. The van der Waals surface area contributed by atoms with Crippen LogP contribution >= 0.6 is 24.0 Å². The Morgan fingerprint density at radius 2 is 2.08 bits per heavy atom. The van der Waals surface area contributed by atoms with Crippen molar-refractivity contribution in [2.75, 3.05) is 32.7 Å². The van der Waals surface area contributed by atoms with E-state index in [1.165, 1.54) is 25.9 Å². The summed E-state index contributed by atoms with van der Waals surface area (Å²) in [5.74, 6) is 2.90. The number of rotatable bonds is 7. The fraction of sp³-hybridized carbons (Fsp3) is 0.778. The molecule has 0 aromatic carbocycles. The second kappa shape index (κ2) is 11.7. The first kappa shape index (κ1) is 22.2. The summed E-state index contributed by atoms with van der Waals surface area (Å²) >= 11 is 0. The monoisotopic (exact) mass is 463 g/mol. The van der Waals surface area contributed by atoms with Gasteiger partial charge < -0.3 is 20.1 Å². The third kappa shape index (κ3) is 7.94. The van der Waals surface area contributed by atoms with E-state index < -0.39 is 0 Å². The Morgan fingerprint density at radius 1 is 1.36 bits per heavy atom. The molecule has 0 amide bonds. The Labute approximate surface area is 169 Å². The average molecular weight is 463 g/mol. The van der Waals surface area contributed by atoms with Crippen molar-refractivity contribution in [3.05, 3.63) is 17.5 Å². The van der Waals surface area contributed by atoms with E-state index in [1.54, 1.807) is 0 Å². The zero-order valence-electron chi connectivity index (χ0n) is 16.0. The molecule has 0 radical (unpaired) electrons. The minimum atomic E-state index is 0. The quantitative estimate of drug-likeness (QED) is 0.370. The highest BCUT2D eigenvalue weighted by atomic mass is 127. The first-order chi connectivity index (χ1) is 11.6. The molecule has 0 unspecified atom stereocenters. The lowest BCUT2D eigenvalue weighted by molar-refractivity contribution is 0.195. The number of aliphatic imine (C=N–C) groups is 1. The predicted octanol–water partition coefficient (Wildman–Crippen LogP) is 3.20. The minimum absolute atomic E-state index is 0. The summed E-state index contributed by atoms with van der Waals surface area (Å²) in [6.45, 7) is 14.4. The maximum atomic E-state index is 5.34. The molecular formula is C18H34IN5O. The van der Waals surface area contributed by atoms with Crippen molar-refractivity contribution in [3.63, 3.8) is 0 Å². The van der Waals surface area contributed by atoms with Gasteiger partial charge in [0.25, 0.3) is 0 Å². The van der Waals surface area contributed by atoms with Crippen molar-refractivity contribution in [1.82, 2.24) is 20.7 Å². The zero-order chi connectivity index (χ0) is 17.4. The summed E-state index contributed by atoms with van der Waals surface area (Å²) in [6, 6.07) is 1.99. The summed E-state index contributed by atoms with van der Waals surface area (Å²) in [4.78, 5) is 7.12. The van der Waals surface area contributed by atoms with E-state index in [4.69, 9.17) is 4.52 Å². The first-order valence-corrected chi connectivity index (χ1v) is 9.28. The van der Waals surface area contributed by atoms with Crippen LogP contribution in [-0.4, -0.2) is 48.7 Å². The smallest absolute Gasteiger partial charge is 0.191 e. The van der Waals surface area contributed by atoms with Crippen molar-refractivity contribution in [2.45, 2.75) is 53.0 Å². The van der Waals surface area contributed by atoms with E-state index in [9.17, 15) is 0 Å². The lowest BCUT2D eigenvalue weighted by atomic mass is 9.99. The largest absolute Gasteiger partial charge is 0.359 e. The second-order valence-electron chi connectivity index (χ2n) is 7.02. The molecule has 1 saturated heterocycles. The van der Waals surface area contributed by atoms with Gasteiger partial charge in [-0.05, 0) is 44.7 Å². The molecule has 1 fully saturated rings. The highest BCUT2D eigenvalue weighted by Gasteiger charge is 2.15. The lowest BCUT2D eigenvalue weighted by Crippen LogP contribution is -2.43. The van der Waals surface area contributed by atoms with E-state index in [0.717, 1.165) is 43.0 Å². The number of aromatic nitrogens is 1. The van der Waals surface area contributed by atoms with Crippen LogP contribution in [0.2, 0.25) is 0 Å². The van der Waals surface area contributed by atoms with E-state index >= 15 is 0 Å². The number of nitrogens with one attached hydrogen (secondary N) is 2. The van der Waals surface area contributed by atoms with Gasteiger partial charge in [-0.1, -0.05) is 25.9 Å². The van der Waals surface area contributed by atoms with Crippen LogP contribution in [-0.2, 0) is 6.54 Å². The Balaban J connectivity index is 0.00000312. The van der Waals surface area contributed by atoms with Crippen LogP contribution in [0.1, 0.15) is 57.9 Å². The molecule has 1 aliphatic rings. The molecule has 144 valence electrons. The van der Waals surface area contributed by atoms with Crippen molar-refractivity contribution in [2.24, 2.45) is 10.9 Å². The van der Waals surface area contributed by atoms with Crippen LogP contribution in [0.5, 0.6) is 0 Å². The normalized spacial score (nSPS) is 16.8. The van der Waals surface area contributed by atoms with Gasteiger partial charge in [0.2, 0.25) is 0 Å². The third-order valence-corrected chi connectivity index (χ3v) is 4.50. The molecule has 1 aliphatic heterocycles. The number of nitrogens with zero attached hydrogens (tertiary/aromatic N) is 3. The molecule has 0 saturated carbocycles. The lowest BCUT2D eigenvalue weighted by Gasteiger charge is -2.30. The molecule has 0 bridgehead atoms. The van der Waals surface area contributed by atoms with Gasteiger partial charge in [-0.15, -0.1) is 24.0 Å². The van der Waals surface area contributed by atoms with Gasteiger partial charge in [-0.3, -0.25) is 0 Å². The number of guanidine groups is 1. The van der Waals surface area contributed by atoms with E-state index in [1.807, 2.05) is 6.07 Å². The van der Waals surface area contributed by atoms with Gasteiger partial charge in [0.15, 0.2) is 11.7 Å². The maximum absolute atomic E-state index is 5.34. The summed E-state index contributed by atoms with van der Waals surface area (Å²) < 4.78 is 5.34. The number of hydrogen-bond acceptors (Lipinski definition) is 4. The number of hydrogen-bond donors (Lipinski definition) is 2. The Kier molecular flexibility index (Phi) is 10.4. The van der Waals surface area contributed by atoms with Crippen molar-refractivity contribution < 1.29 is 4.52 Å². The molecule has 0 atom stereocenters. The third-order valence-electron chi connectivity index (χ3n) is 4.50. The predicted molar refractivity (Wildman–Crippen MR) is 114 cm³/mol. The van der Waals surface area contributed by atoms with Gasteiger partial charge in [-0.2, -0.15) is 0 Å². The second-order valence-corrected chi connectivity index (χ2v) is 7.02. The molecule has 25 heavy (non-hydrogen) atoms. The van der Waals surface area contributed by atoms with Crippen LogP contribution in [0.4, 0.5) is 0 Å². The van der Waals surface area contributed by atoms with E-state index in [2.05, 4.69) is 53.4 Å². The number of piperidine rings is 1. The average Bonchev–Trinajstić information content (AvgIpc) is 3.04. The maximum Gasteiger partial charge on any atom is 0.191 e. The first-order valence-electron chi connectivity index (χ1n) is 9.28. The summed E-state index contributed by atoms with van der Waals surface area (Å²) in [6.07, 6.45) is 2.63. The van der Waals surface area contributed by atoms with Gasteiger partial charge in [0, 0.05) is 25.7 Å². The van der Waals surface area contributed by atoms with Crippen molar-refractivity contribution in [3.8, 4) is 0 Å². The SMILES string of the molecule is CCNC(=NCc1cc(C(C)C)no1)NCCN1CCC(C)CC1.I. The Bertz CT molecular complexity index is 509. The van der Waals surface area contributed by atoms with Gasteiger partial charge in [-0.25, -0.2) is 4.99 Å². The minimum Gasteiger partial charge on any atom is -0.359 e. The van der Waals surface area contributed by atoms with Crippen molar-refractivity contribution >= 4 is 29.9 Å². The fourth-order valence-electron chi connectivity index (χ4n) is 2.79. The number of likely N-dealkylation sites (tertiary alicyclic amines) is 1. The van der Waals surface area contributed by atoms with Gasteiger partial charge in [0.05, 0.1) is 5.69 Å². The standard InChI is InChI=1S/C18H33N5O.HI/c1-5-19-18(20-8-11-23-9-6-15(4)7-10-23)21-13-16-12-17(14(2)3)22-24-16;/h12,14-15H,5-11,13H2,1-4H3,(H2,19,20,21);1H. The van der Waals surface area contributed by atoms with Gasteiger partial charge >= 0.3 is 0 Å². The molecule has 1 aromatic rings. The van der Waals surface area contributed by atoms with Gasteiger partial charge in [0.1, 0.15) is 6.54 Å². The molecule has 0 spiro atoms. The van der Waals surface area contributed by atoms with Crippen LogP contribution in [0.15, 0.2) is 15.6 Å². The van der Waals surface area contributed by atoms with E-state index in [0.29, 0.717) is 12.5 Å². The Morgan fingerprint density at radius 3 is 2.68 bits per heavy atom. The molecule has 7 heteroatoms. The number of halogens is 1. The van der Waals surface area contributed by atoms with Crippen LogP contribution in [0, 0.1) is 5.92 Å². The molecule has 0 aliphatic carbocycles. The molecule has 2 rings (SSSR count). The highest BCUT2D eigenvalue weighted by molar-refractivity contribution is 14.0. The molecular weight excluding hydrogens is 429 g/mol. The topological polar surface area (TPSA) is 65.7 Å². The van der Waals surface area contributed by atoms with E-state index in [-0.39, 0.29) is 24.0 Å². The summed E-state index contributed by atoms with van der Waals surface area (Å²) in [5, 5.41) is 10.8. The van der Waals surface area contributed by atoms with Crippen LogP contribution in [0.3, 0.4) is 0 Å². The molecule has 2 heterocycles. The van der Waals surface area contributed by atoms with Crippen LogP contribution in [0.25, 0.3) is 0 Å². The van der Waals surface area contributed by atoms with Crippen LogP contribution < -0.4 is 10.6 Å². The highest BCUT2D eigenvalue weighted by Crippen LogP contribution is 2.15. The summed E-state index contributed by atoms with van der Waals surface area (Å²) in [7, 11) is 0.